The van der Waals surface area contributed by atoms with Gasteiger partial charge in [-0.1, -0.05) is 13.8 Å². The number of guanidine groups is 1. The summed E-state index contributed by atoms with van der Waals surface area (Å²) in [4.78, 5) is 93.5. The zero-order valence-electron chi connectivity index (χ0n) is 31.4. The van der Waals surface area contributed by atoms with E-state index >= 15 is 0 Å². The molecule has 18 nitrogen and oxygen atoms in total. The van der Waals surface area contributed by atoms with Gasteiger partial charge < -0.3 is 53.9 Å². The fourth-order valence-electron chi connectivity index (χ4n) is 5.56. The number of fused-ring (bicyclic) bond motifs is 1. The van der Waals surface area contributed by atoms with Crippen molar-refractivity contribution in [1.82, 2.24) is 21.3 Å². The highest BCUT2D eigenvalue weighted by Gasteiger charge is 2.35. The van der Waals surface area contributed by atoms with Crippen molar-refractivity contribution in [2.75, 3.05) is 18.4 Å². The Balaban J connectivity index is 2.38. The third-order valence-electron chi connectivity index (χ3n) is 8.19. The van der Waals surface area contributed by atoms with E-state index in [9.17, 15) is 46.7 Å². The van der Waals surface area contributed by atoms with Gasteiger partial charge in [0.05, 0.1) is 5.56 Å². The van der Waals surface area contributed by atoms with E-state index in [4.69, 9.17) is 27.4 Å². The van der Waals surface area contributed by atoms with E-state index in [2.05, 4.69) is 31.6 Å². The highest BCUT2D eigenvalue weighted by molar-refractivity contribution is 6.00. The molecule has 0 radical (unpaired) electrons. The first kappa shape index (κ1) is 46.4. The summed E-state index contributed by atoms with van der Waals surface area (Å²) in [6, 6.07) is -1.47. The SMILES string of the molecule is CC(=O)N[C@H](CCCCN)C(=O)N[C@H](CCC(N)=O)C(=O)N[C@@H](CC(C)C)C(=O)N[C@@H](CCCN=C(N)N)C(=O)Nc1ccc2c(C(F)(F)F)cc(=O)oc2c1. The molecule has 21 heteroatoms. The second-order valence-corrected chi connectivity index (χ2v) is 13.5. The fourth-order valence-corrected chi connectivity index (χ4v) is 5.56. The van der Waals surface area contributed by atoms with Gasteiger partial charge in [-0.2, -0.15) is 13.2 Å². The average Bonchev–Trinajstić information content (AvgIpc) is 3.08. The lowest BCUT2D eigenvalue weighted by atomic mass is 10.0. The number of nitrogens with two attached hydrogens (primary N) is 4. The summed E-state index contributed by atoms with van der Waals surface area (Å²) < 4.78 is 45.6. The Morgan fingerprint density at radius 3 is 1.91 bits per heavy atom. The summed E-state index contributed by atoms with van der Waals surface area (Å²) in [6.07, 6.45) is -3.99. The number of carbonyl (C=O) groups excluding carboxylic acids is 6. The lowest BCUT2D eigenvalue weighted by Crippen LogP contribution is -2.58. The van der Waals surface area contributed by atoms with Crippen molar-refractivity contribution in [3.8, 4) is 0 Å². The van der Waals surface area contributed by atoms with Gasteiger partial charge in [-0.25, -0.2) is 4.79 Å². The topological polar surface area (TPSA) is 309 Å². The molecule has 0 aliphatic heterocycles. The van der Waals surface area contributed by atoms with Gasteiger partial charge in [0.15, 0.2) is 5.96 Å². The van der Waals surface area contributed by atoms with Crippen LogP contribution in [0.3, 0.4) is 0 Å². The van der Waals surface area contributed by atoms with Crippen LogP contribution in [0.15, 0.2) is 38.5 Å². The van der Waals surface area contributed by atoms with E-state index in [-0.39, 0.29) is 62.6 Å². The van der Waals surface area contributed by atoms with Crippen molar-refractivity contribution in [1.29, 1.82) is 0 Å². The molecular weight excluding hydrogens is 745 g/mol. The Kier molecular flexibility index (Phi) is 18.2. The minimum absolute atomic E-state index is 0.0508. The molecule has 0 unspecified atom stereocenters. The molecule has 0 aliphatic carbocycles. The molecule has 1 heterocycles. The quantitative estimate of drug-likeness (QED) is 0.0336. The van der Waals surface area contributed by atoms with Gasteiger partial charge >= 0.3 is 11.8 Å². The molecule has 4 atom stereocenters. The summed E-state index contributed by atoms with van der Waals surface area (Å²) in [7, 11) is 0. The van der Waals surface area contributed by atoms with Crippen LogP contribution in [0.4, 0.5) is 18.9 Å². The van der Waals surface area contributed by atoms with Gasteiger partial charge in [-0.3, -0.25) is 33.8 Å². The number of alkyl halides is 3. The number of unbranched alkanes of at least 4 members (excludes halogenated alkanes) is 1. The zero-order chi connectivity index (χ0) is 42.2. The number of benzene rings is 1. The maximum absolute atomic E-state index is 13.8. The van der Waals surface area contributed by atoms with Crippen LogP contribution in [0.5, 0.6) is 0 Å². The number of rotatable bonds is 22. The monoisotopic (exact) mass is 796 g/mol. The molecule has 2 rings (SSSR count). The molecule has 56 heavy (non-hydrogen) atoms. The van der Waals surface area contributed by atoms with E-state index in [1.807, 2.05) is 0 Å². The summed E-state index contributed by atoms with van der Waals surface area (Å²) in [5.41, 5.74) is 18.7. The maximum atomic E-state index is 13.8. The molecule has 0 bridgehead atoms. The van der Waals surface area contributed by atoms with E-state index in [0.717, 1.165) is 18.2 Å². The number of nitrogens with zero attached hydrogens (tertiary/aromatic N) is 1. The number of anilines is 1. The molecule has 0 aliphatic rings. The first-order chi connectivity index (χ1) is 26.2. The van der Waals surface area contributed by atoms with Crippen molar-refractivity contribution in [2.45, 2.75) is 102 Å². The smallest absolute Gasteiger partial charge is 0.417 e. The standard InChI is InChI=1S/C35H51F3N10O8/c1-18(2)15-26(48-32(54)25(11-12-28(40)50)47-31(53)23(44-19(3)49)7-4-5-13-39)33(55)46-24(8-6-14-43-34(41)42)30(52)45-20-9-10-21-22(35(36,37)38)17-29(51)56-27(21)16-20/h9-10,16-18,23-26H,4-8,11-15,39H2,1-3H3,(H2,40,50)(H,44,49)(H,45,52)(H,46,55)(H,47,53)(H,48,54)(H4,41,42,43)/t23-,24+,25-,26+/m1/s1. The minimum Gasteiger partial charge on any atom is -0.423 e. The van der Waals surface area contributed by atoms with Crippen LogP contribution in [0.25, 0.3) is 11.0 Å². The van der Waals surface area contributed by atoms with Gasteiger partial charge in [0.2, 0.25) is 35.4 Å². The van der Waals surface area contributed by atoms with Crippen molar-refractivity contribution in [3.05, 3.63) is 40.2 Å². The summed E-state index contributed by atoms with van der Waals surface area (Å²) in [5, 5.41) is 12.3. The minimum atomic E-state index is -4.86. The van der Waals surface area contributed by atoms with Crippen LogP contribution < -0.4 is 55.1 Å². The van der Waals surface area contributed by atoms with Crippen molar-refractivity contribution >= 4 is 58.1 Å². The number of amides is 6. The predicted octanol–water partition coefficient (Wildman–Crippen LogP) is 0.204. The van der Waals surface area contributed by atoms with E-state index in [0.29, 0.717) is 25.5 Å². The molecule has 0 spiro atoms. The van der Waals surface area contributed by atoms with Crippen LogP contribution in [0.1, 0.15) is 77.7 Å². The van der Waals surface area contributed by atoms with Crippen molar-refractivity contribution in [3.63, 3.8) is 0 Å². The summed E-state index contributed by atoms with van der Waals surface area (Å²) in [5.74, 6) is -4.88. The van der Waals surface area contributed by atoms with Crippen LogP contribution in [-0.4, -0.2) is 78.7 Å². The molecule has 0 saturated heterocycles. The molecule has 1 aromatic carbocycles. The van der Waals surface area contributed by atoms with E-state index in [1.165, 1.54) is 6.92 Å². The van der Waals surface area contributed by atoms with Crippen LogP contribution in [0.2, 0.25) is 0 Å². The Labute approximate surface area is 320 Å². The number of hydrogen-bond acceptors (Lipinski definition) is 10. The van der Waals surface area contributed by atoms with Gasteiger partial charge in [0, 0.05) is 43.1 Å². The Bertz CT molecular complexity index is 1800. The van der Waals surface area contributed by atoms with E-state index < -0.39 is 87.9 Å². The Hall–Kier alpha value is -5.73. The molecule has 310 valence electrons. The number of nitrogens with one attached hydrogen (secondary N) is 5. The van der Waals surface area contributed by atoms with Crippen molar-refractivity contribution in [2.24, 2.45) is 33.8 Å². The van der Waals surface area contributed by atoms with Gasteiger partial charge in [0.1, 0.15) is 29.8 Å². The Morgan fingerprint density at radius 2 is 1.36 bits per heavy atom. The lowest BCUT2D eigenvalue weighted by Gasteiger charge is -2.27. The molecular formula is C35H51F3N10O8. The number of hydrogen-bond donors (Lipinski definition) is 9. The van der Waals surface area contributed by atoms with Gasteiger partial charge in [0.25, 0.3) is 0 Å². The second kappa shape index (κ2) is 22.0. The highest BCUT2D eigenvalue weighted by atomic mass is 19.4. The van der Waals surface area contributed by atoms with Gasteiger partial charge in [-0.15, -0.1) is 0 Å². The Morgan fingerprint density at radius 1 is 0.786 bits per heavy atom. The number of aliphatic imine (C=N–C) groups is 1. The summed E-state index contributed by atoms with van der Waals surface area (Å²) in [6.45, 7) is 5.16. The third kappa shape index (κ3) is 15.9. The molecule has 6 amide bonds. The first-order valence-corrected chi connectivity index (χ1v) is 17.9. The molecule has 0 fully saturated rings. The molecule has 2 aromatic rings. The second-order valence-electron chi connectivity index (χ2n) is 13.5. The number of primary amides is 1. The maximum Gasteiger partial charge on any atom is 0.417 e. The van der Waals surface area contributed by atoms with Crippen LogP contribution in [-0.2, 0) is 34.9 Å². The van der Waals surface area contributed by atoms with Crippen LogP contribution >= 0.6 is 0 Å². The largest absolute Gasteiger partial charge is 0.423 e. The zero-order valence-corrected chi connectivity index (χ0v) is 31.4. The van der Waals surface area contributed by atoms with Gasteiger partial charge in [-0.05, 0) is 69.5 Å². The first-order valence-electron chi connectivity index (χ1n) is 17.9. The summed E-state index contributed by atoms with van der Waals surface area (Å²) >= 11 is 0. The fraction of sp³-hybridized carbons (Fsp3) is 0.543. The predicted molar refractivity (Wildman–Crippen MR) is 200 cm³/mol. The molecule has 13 N–H and O–H groups in total. The number of carbonyl (C=O) groups is 6. The molecule has 1 aromatic heterocycles. The lowest BCUT2D eigenvalue weighted by molar-refractivity contribution is -0.136. The molecule has 0 saturated carbocycles. The third-order valence-corrected chi connectivity index (χ3v) is 8.19. The highest BCUT2D eigenvalue weighted by Crippen LogP contribution is 2.34. The van der Waals surface area contributed by atoms with Crippen LogP contribution in [0, 0.1) is 5.92 Å². The van der Waals surface area contributed by atoms with Crippen molar-refractivity contribution < 1.29 is 46.4 Å². The van der Waals surface area contributed by atoms with E-state index in [1.54, 1.807) is 13.8 Å². The normalized spacial score (nSPS) is 13.5. The number of halogens is 3. The average molecular weight is 797 g/mol.